The van der Waals surface area contributed by atoms with E-state index in [1.807, 2.05) is 50.2 Å². The smallest absolute Gasteiger partial charge is 0.265 e. The molecule has 1 saturated heterocycles. The van der Waals surface area contributed by atoms with Crippen LogP contribution in [0.1, 0.15) is 18.9 Å². The number of rotatable bonds is 6. The van der Waals surface area contributed by atoms with E-state index < -0.39 is 6.10 Å². The number of amides is 1. The van der Waals surface area contributed by atoms with Gasteiger partial charge in [0.15, 0.2) is 6.10 Å². The number of likely N-dealkylation sites (N-methyl/N-ethyl adjacent to an activating group) is 1. The Labute approximate surface area is 161 Å². The van der Waals surface area contributed by atoms with E-state index in [2.05, 4.69) is 34.3 Å². The number of benzene rings is 2. The number of piperazine rings is 1. The van der Waals surface area contributed by atoms with Crippen molar-refractivity contribution < 1.29 is 9.53 Å². The first-order valence-electron chi connectivity index (χ1n) is 9.63. The van der Waals surface area contributed by atoms with Gasteiger partial charge in [-0.3, -0.25) is 4.79 Å². The minimum absolute atomic E-state index is 0.117. The van der Waals surface area contributed by atoms with Gasteiger partial charge < -0.3 is 19.9 Å². The summed E-state index contributed by atoms with van der Waals surface area (Å²) in [5.41, 5.74) is 3.02. The van der Waals surface area contributed by atoms with Crippen molar-refractivity contribution in [3.8, 4) is 5.75 Å². The number of hydrogen-bond donors (Lipinski definition) is 1. The Morgan fingerprint density at radius 3 is 2.37 bits per heavy atom. The third-order valence-corrected chi connectivity index (χ3v) is 5.03. The minimum atomic E-state index is -0.511. The minimum Gasteiger partial charge on any atom is -0.480 e. The first-order chi connectivity index (χ1) is 13.1. The summed E-state index contributed by atoms with van der Waals surface area (Å²) in [5.74, 6) is 0.637. The zero-order valence-corrected chi connectivity index (χ0v) is 16.4. The van der Waals surface area contributed by atoms with Crippen LogP contribution in [0.15, 0.2) is 48.5 Å². The maximum Gasteiger partial charge on any atom is 0.265 e. The largest absolute Gasteiger partial charge is 0.480 e. The molecule has 27 heavy (non-hydrogen) atoms. The molecule has 0 aliphatic carbocycles. The molecular formula is C22H29N3O2. The summed E-state index contributed by atoms with van der Waals surface area (Å²) in [5, 5.41) is 2.98. The Hall–Kier alpha value is -2.53. The van der Waals surface area contributed by atoms with Crippen molar-refractivity contribution in [3.05, 3.63) is 54.1 Å². The van der Waals surface area contributed by atoms with Gasteiger partial charge in [-0.25, -0.2) is 0 Å². The molecule has 1 amide bonds. The number of nitrogens with zero attached hydrogens (tertiary/aromatic N) is 2. The molecule has 2 aromatic rings. The average molecular weight is 367 g/mol. The number of ether oxygens (including phenoxy) is 1. The van der Waals surface area contributed by atoms with Gasteiger partial charge in [0.2, 0.25) is 0 Å². The number of hydrogen-bond acceptors (Lipinski definition) is 4. The van der Waals surface area contributed by atoms with Gasteiger partial charge >= 0.3 is 0 Å². The second-order valence-electron chi connectivity index (χ2n) is 7.11. The van der Waals surface area contributed by atoms with E-state index in [-0.39, 0.29) is 5.91 Å². The molecule has 2 aromatic carbocycles. The van der Waals surface area contributed by atoms with Gasteiger partial charge in [-0.15, -0.1) is 0 Å². The fourth-order valence-electron chi connectivity index (χ4n) is 3.21. The van der Waals surface area contributed by atoms with E-state index in [9.17, 15) is 4.79 Å². The standard InChI is InChI=1S/C22H29N3O2/c1-4-20(27-21-8-6-5-7-17(21)2)22(26)23-18-9-11-19(12-10-18)25-15-13-24(3)14-16-25/h5-12,20H,4,13-16H2,1-3H3,(H,23,26)/t20-/m1/s1. The van der Waals surface area contributed by atoms with E-state index in [0.717, 1.165) is 43.2 Å². The number of carbonyl (C=O) groups excluding carboxylic acids is 1. The fourth-order valence-corrected chi connectivity index (χ4v) is 3.21. The number of carbonyl (C=O) groups is 1. The zero-order chi connectivity index (χ0) is 19.2. The van der Waals surface area contributed by atoms with Gasteiger partial charge in [-0.05, 0) is 56.3 Å². The molecule has 5 heteroatoms. The first-order valence-corrected chi connectivity index (χ1v) is 9.63. The highest BCUT2D eigenvalue weighted by atomic mass is 16.5. The van der Waals surface area contributed by atoms with Crippen molar-refractivity contribution in [1.82, 2.24) is 4.90 Å². The quantitative estimate of drug-likeness (QED) is 0.848. The predicted octanol–water partition coefficient (Wildman–Crippen LogP) is 3.54. The monoisotopic (exact) mass is 367 g/mol. The van der Waals surface area contributed by atoms with Crippen LogP contribution >= 0.6 is 0 Å². The number of nitrogens with one attached hydrogen (secondary N) is 1. The molecule has 1 heterocycles. The molecule has 3 rings (SSSR count). The van der Waals surface area contributed by atoms with Gasteiger partial charge in [0.1, 0.15) is 5.75 Å². The molecule has 0 aromatic heterocycles. The molecular weight excluding hydrogens is 338 g/mol. The molecule has 1 aliphatic heterocycles. The van der Waals surface area contributed by atoms with Crippen LogP contribution in [0.2, 0.25) is 0 Å². The van der Waals surface area contributed by atoms with Gasteiger partial charge in [-0.2, -0.15) is 0 Å². The van der Waals surface area contributed by atoms with Crippen molar-refractivity contribution in [2.45, 2.75) is 26.4 Å². The lowest BCUT2D eigenvalue weighted by Gasteiger charge is -2.34. The Balaban J connectivity index is 1.60. The van der Waals surface area contributed by atoms with Crippen molar-refractivity contribution in [3.63, 3.8) is 0 Å². The molecule has 5 nitrogen and oxygen atoms in total. The van der Waals surface area contributed by atoms with Crippen LogP contribution in [-0.2, 0) is 4.79 Å². The highest BCUT2D eigenvalue weighted by Crippen LogP contribution is 2.21. The molecule has 1 aliphatic rings. The van der Waals surface area contributed by atoms with Crippen molar-refractivity contribution >= 4 is 17.3 Å². The summed E-state index contributed by atoms with van der Waals surface area (Å²) >= 11 is 0. The lowest BCUT2D eigenvalue weighted by Crippen LogP contribution is -2.44. The third kappa shape index (κ3) is 5.01. The van der Waals surface area contributed by atoms with E-state index in [1.54, 1.807) is 0 Å². The molecule has 0 saturated carbocycles. The normalized spacial score (nSPS) is 16.0. The Morgan fingerprint density at radius 2 is 1.74 bits per heavy atom. The summed E-state index contributed by atoms with van der Waals surface area (Å²) in [7, 11) is 2.15. The maximum absolute atomic E-state index is 12.6. The molecule has 1 N–H and O–H groups in total. The van der Waals surface area contributed by atoms with Crippen LogP contribution in [0, 0.1) is 6.92 Å². The Morgan fingerprint density at radius 1 is 1.07 bits per heavy atom. The van der Waals surface area contributed by atoms with E-state index >= 15 is 0 Å². The van der Waals surface area contributed by atoms with Gasteiger partial charge in [-0.1, -0.05) is 25.1 Å². The van der Waals surface area contributed by atoms with Gasteiger partial charge in [0.25, 0.3) is 5.91 Å². The summed E-state index contributed by atoms with van der Waals surface area (Å²) in [6.45, 7) is 8.16. The molecule has 0 unspecified atom stereocenters. The predicted molar refractivity (Wildman–Crippen MR) is 111 cm³/mol. The molecule has 0 radical (unpaired) electrons. The third-order valence-electron chi connectivity index (χ3n) is 5.03. The topological polar surface area (TPSA) is 44.8 Å². The Bertz CT molecular complexity index is 752. The highest BCUT2D eigenvalue weighted by molar-refractivity contribution is 5.94. The SMILES string of the molecule is CC[C@@H](Oc1ccccc1C)C(=O)Nc1ccc(N2CCN(C)CC2)cc1. The van der Waals surface area contributed by atoms with E-state index in [0.29, 0.717) is 6.42 Å². The molecule has 1 atom stereocenters. The lowest BCUT2D eigenvalue weighted by atomic mass is 10.2. The van der Waals surface area contributed by atoms with Crippen LogP contribution in [0.5, 0.6) is 5.75 Å². The first kappa shape index (κ1) is 19.2. The van der Waals surface area contributed by atoms with E-state index in [1.165, 1.54) is 5.69 Å². The number of anilines is 2. The maximum atomic E-state index is 12.6. The molecule has 0 bridgehead atoms. The van der Waals surface area contributed by atoms with Crippen LogP contribution in [0.25, 0.3) is 0 Å². The lowest BCUT2D eigenvalue weighted by molar-refractivity contribution is -0.122. The molecule has 0 spiro atoms. The van der Waals surface area contributed by atoms with Crippen LogP contribution in [0.3, 0.4) is 0 Å². The average Bonchev–Trinajstić information content (AvgIpc) is 2.68. The van der Waals surface area contributed by atoms with Crippen molar-refractivity contribution in [2.75, 3.05) is 43.4 Å². The summed E-state index contributed by atoms with van der Waals surface area (Å²) in [6.07, 6.45) is 0.0999. The van der Waals surface area contributed by atoms with E-state index in [4.69, 9.17) is 4.74 Å². The van der Waals surface area contributed by atoms with Crippen LogP contribution < -0.4 is 15.0 Å². The summed E-state index contributed by atoms with van der Waals surface area (Å²) in [4.78, 5) is 17.3. The van der Waals surface area contributed by atoms with Crippen LogP contribution in [-0.4, -0.2) is 50.1 Å². The van der Waals surface area contributed by atoms with Crippen LogP contribution in [0.4, 0.5) is 11.4 Å². The highest BCUT2D eigenvalue weighted by Gasteiger charge is 2.19. The summed E-state index contributed by atoms with van der Waals surface area (Å²) < 4.78 is 5.93. The van der Waals surface area contributed by atoms with Crippen molar-refractivity contribution in [2.24, 2.45) is 0 Å². The van der Waals surface area contributed by atoms with Crippen molar-refractivity contribution in [1.29, 1.82) is 0 Å². The summed E-state index contributed by atoms with van der Waals surface area (Å²) in [6, 6.07) is 15.8. The number of para-hydroxylation sites is 1. The fraction of sp³-hybridized carbons (Fsp3) is 0.409. The van der Waals surface area contributed by atoms with Gasteiger partial charge in [0.05, 0.1) is 0 Å². The second kappa shape index (κ2) is 8.91. The second-order valence-corrected chi connectivity index (χ2v) is 7.11. The molecule has 1 fully saturated rings. The molecule has 144 valence electrons. The van der Waals surface area contributed by atoms with Gasteiger partial charge in [0, 0.05) is 37.6 Å². The Kier molecular flexibility index (Phi) is 6.35. The zero-order valence-electron chi connectivity index (χ0n) is 16.4. The number of aryl methyl sites for hydroxylation is 1.